The van der Waals surface area contributed by atoms with Gasteiger partial charge in [0.2, 0.25) is 0 Å². The zero-order chi connectivity index (χ0) is 23.5. The van der Waals surface area contributed by atoms with Gasteiger partial charge in [0.25, 0.3) is 0 Å². The molecule has 0 atom stereocenters. The summed E-state index contributed by atoms with van der Waals surface area (Å²) in [7, 11) is -0.597. The molecule has 0 unspecified atom stereocenters. The van der Waals surface area contributed by atoms with Crippen LogP contribution in [-0.4, -0.2) is 23.8 Å². The van der Waals surface area contributed by atoms with Crippen LogP contribution in [-0.2, 0) is 11.2 Å². The van der Waals surface area contributed by atoms with Crippen LogP contribution in [0.25, 0.3) is 42.2 Å². The number of fused-ring (bicyclic) bond motifs is 4. The number of pyridine rings is 1. The first-order valence-corrected chi connectivity index (χ1v) is 15.4. The molecule has 0 N–H and O–H groups in total. The smallest absolute Gasteiger partial charge is 0.0880 e. The van der Waals surface area contributed by atoms with Gasteiger partial charge < -0.3 is 0 Å². The molecule has 5 rings (SSSR count). The van der Waals surface area contributed by atoms with Crippen molar-refractivity contribution in [3.8, 4) is 11.3 Å². The van der Waals surface area contributed by atoms with E-state index in [1.807, 2.05) is 17.5 Å². The van der Waals surface area contributed by atoms with Crippen LogP contribution in [0.4, 0.5) is 0 Å². The lowest BCUT2D eigenvalue weighted by Gasteiger charge is -2.26. The highest BCUT2D eigenvalue weighted by Gasteiger charge is 2.21. The normalized spacial score (nSPS) is 13.3. The molecule has 3 aromatic carbocycles. The van der Waals surface area contributed by atoms with E-state index < -0.39 is 10.0 Å². The van der Waals surface area contributed by atoms with Crippen LogP contribution in [0.5, 0.6) is 0 Å². The maximum Gasteiger partial charge on any atom is 0.0880 e. The van der Waals surface area contributed by atoms with Crippen LogP contribution in [0.1, 0.15) is 37.5 Å². The predicted molar refractivity (Wildman–Crippen MR) is 153 cm³/mol. The number of nitrogens with zero attached hydrogens (tertiary/aromatic N) is 1. The van der Waals surface area contributed by atoms with Crippen molar-refractivity contribution in [2.75, 3.05) is 18.8 Å². The third-order valence-corrected chi connectivity index (χ3v) is 8.97. The molecule has 1 nitrogen and oxygen atoms in total. The molecule has 3 heteroatoms. The highest BCUT2D eigenvalue weighted by atomic mass is 32.3. The average molecular weight is 472 g/mol. The summed E-state index contributed by atoms with van der Waals surface area (Å²) in [6.45, 7) is 9.20. The van der Waals surface area contributed by atoms with Crippen molar-refractivity contribution < 1.29 is 0 Å². The third-order valence-electron chi connectivity index (χ3n) is 6.45. The molecule has 5 aromatic rings. The molecular formula is C30H33NS2. The van der Waals surface area contributed by atoms with Crippen molar-refractivity contribution >= 4 is 52.3 Å². The topological polar surface area (TPSA) is 12.9 Å². The van der Waals surface area contributed by atoms with Gasteiger partial charge in [-0.2, -0.15) is 0 Å². The van der Waals surface area contributed by atoms with E-state index in [1.165, 1.54) is 59.0 Å². The van der Waals surface area contributed by atoms with Crippen molar-refractivity contribution in [2.45, 2.75) is 38.9 Å². The number of aromatic nitrogens is 1. The van der Waals surface area contributed by atoms with Crippen molar-refractivity contribution in [1.82, 2.24) is 4.98 Å². The first kappa shape index (κ1) is 22.4. The van der Waals surface area contributed by atoms with E-state index in [0.29, 0.717) is 0 Å². The second-order valence-electron chi connectivity index (χ2n) is 11.1. The number of hydrogen-bond donors (Lipinski definition) is 0. The second-order valence-corrected chi connectivity index (χ2v) is 16.6. The molecule has 0 radical (unpaired) electrons. The molecule has 0 spiro atoms. The molecule has 2 heterocycles. The fourth-order valence-corrected chi connectivity index (χ4v) is 7.42. The minimum Gasteiger partial charge on any atom is -0.255 e. The monoisotopic (exact) mass is 471 g/mol. The Balaban J connectivity index is 1.78. The van der Waals surface area contributed by atoms with Crippen molar-refractivity contribution in [1.29, 1.82) is 0 Å². The van der Waals surface area contributed by atoms with Gasteiger partial charge in [-0.15, -0.1) is 11.3 Å². The van der Waals surface area contributed by atoms with E-state index in [9.17, 15) is 0 Å². The molecule has 2 aromatic heterocycles. The second kappa shape index (κ2) is 7.85. The molecule has 33 heavy (non-hydrogen) atoms. The molecule has 0 fully saturated rings. The van der Waals surface area contributed by atoms with Gasteiger partial charge in [-0.05, 0) is 76.8 Å². The fraction of sp³-hybridized carbons (Fsp3) is 0.300. The Morgan fingerprint density at radius 1 is 0.848 bits per heavy atom. The summed E-state index contributed by atoms with van der Waals surface area (Å²) in [6.07, 6.45) is 9.18. The molecule has 0 bridgehead atoms. The Bertz CT molecular complexity index is 1510. The van der Waals surface area contributed by atoms with Gasteiger partial charge in [0.05, 0.1) is 10.4 Å². The maximum absolute atomic E-state index is 4.93. The van der Waals surface area contributed by atoms with Gasteiger partial charge in [0, 0.05) is 33.0 Å². The quantitative estimate of drug-likeness (QED) is 0.256. The predicted octanol–water partition coefficient (Wildman–Crippen LogP) is 9.07. The number of hydrogen-bond acceptors (Lipinski definition) is 2. The number of aryl methyl sites for hydroxylation is 1. The minimum absolute atomic E-state index is 0.0600. The Morgan fingerprint density at radius 2 is 1.58 bits per heavy atom. The van der Waals surface area contributed by atoms with Crippen molar-refractivity contribution in [3.05, 3.63) is 77.5 Å². The van der Waals surface area contributed by atoms with E-state index in [0.717, 1.165) is 5.69 Å². The molecule has 0 aliphatic heterocycles. The first-order valence-electron chi connectivity index (χ1n) is 11.5. The molecule has 170 valence electrons. The third kappa shape index (κ3) is 4.06. The number of thiophene rings is 1. The van der Waals surface area contributed by atoms with Crippen LogP contribution >= 0.6 is 21.4 Å². The Morgan fingerprint density at radius 3 is 2.30 bits per heavy atom. The minimum atomic E-state index is -0.597. The van der Waals surface area contributed by atoms with Crippen LogP contribution in [0.3, 0.4) is 0 Å². The summed E-state index contributed by atoms with van der Waals surface area (Å²) in [6, 6.07) is 20.3. The van der Waals surface area contributed by atoms with Gasteiger partial charge in [0.1, 0.15) is 0 Å². The van der Waals surface area contributed by atoms with E-state index in [2.05, 4.69) is 101 Å². The SMILES string of the molecule is Cc1c(CS(C)(C)C)ccc2c1sc1c(-c3cc(C(C)(C)C)c4ccccc4c3)nccc12. The zero-order valence-electron chi connectivity index (χ0n) is 20.7. The highest BCUT2D eigenvalue weighted by Crippen LogP contribution is 2.45. The lowest BCUT2D eigenvalue weighted by atomic mass is 9.82. The average Bonchev–Trinajstić information content (AvgIpc) is 3.13. The Labute approximate surface area is 203 Å². The van der Waals surface area contributed by atoms with Crippen molar-refractivity contribution in [2.24, 2.45) is 0 Å². The van der Waals surface area contributed by atoms with Gasteiger partial charge in [-0.1, -0.05) is 57.2 Å². The van der Waals surface area contributed by atoms with E-state index >= 15 is 0 Å². The molecule has 0 aliphatic rings. The summed E-state index contributed by atoms with van der Waals surface area (Å²) in [5.74, 6) is 1.17. The summed E-state index contributed by atoms with van der Waals surface area (Å²) in [4.78, 5) is 4.93. The standard InChI is InChI=1S/C30H33NS2/c1-19-21(18-33(5,6)7)12-13-24-25-14-15-31-27(29(25)32-28(19)24)22-16-20-10-8-9-11-23(20)26(17-22)30(2,3)4/h8-17H,18H2,1-7H3. The summed E-state index contributed by atoms with van der Waals surface area (Å²) in [5.41, 5.74) is 6.69. The molecule has 0 aliphatic carbocycles. The molecule has 0 amide bonds. The van der Waals surface area contributed by atoms with Crippen molar-refractivity contribution in [3.63, 3.8) is 0 Å². The summed E-state index contributed by atoms with van der Waals surface area (Å²) in [5, 5.41) is 5.30. The lowest BCUT2D eigenvalue weighted by molar-refractivity contribution is 0.596. The molecular weight excluding hydrogens is 438 g/mol. The van der Waals surface area contributed by atoms with Gasteiger partial charge in [-0.25, -0.2) is 10.0 Å². The first-order chi connectivity index (χ1) is 15.5. The van der Waals surface area contributed by atoms with E-state index in [4.69, 9.17) is 4.98 Å². The van der Waals surface area contributed by atoms with Gasteiger partial charge >= 0.3 is 0 Å². The number of benzene rings is 3. The van der Waals surface area contributed by atoms with Crippen LogP contribution < -0.4 is 0 Å². The van der Waals surface area contributed by atoms with Gasteiger partial charge in [-0.3, -0.25) is 4.98 Å². The van der Waals surface area contributed by atoms with E-state index in [1.54, 1.807) is 0 Å². The van der Waals surface area contributed by atoms with Crippen LogP contribution in [0, 0.1) is 6.92 Å². The maximum atomic E-state index is 4.93. The fourth-order valence-electron chi connectivity index (χ4n) is 4.84. The highest BCUT2D eigenvalue weighted by molar-refractivity contribution is 8.31. The van der Waals surface area contributed by atoms with Crippen LogP contribution in [0.15, 0.2) is 60.8 Å². The number of rotatable bonds is 3. The molecule has 0 saturated heterocycles. The largest absolute Gasteiger partial charge is 0.255 e. The Hall–Kier alpha value is -2.36. The van der Waals surface area contributed by atoms with Gasteiger partial charge in [0.15, 0.2) is 0 Å². The lowest BCUT2D eigenvalue weighted by Crippen LogP contribution is -2.12. The van der Waals surface area contributed by atoms with E-state index in [-0.39, 0.29) is 5.41 Å². The summed E-state index contributed by atoms with van der Waals surface area (Å²) >= 11 is 1.92. The van der Waals surface area contributed by atoms with Crippen LogP contribution in [0.2, 0.25) is 0 Å². The summed E-state index contributed by atoms with van der Waals surface area (Å²) < 4.78 is 2.71. The zero-order valence-corrected chi connectivity index (χ0v) is 22.4. The molecule has 0 saturated carbocycles. The Kier molecular flexibility index (Phi) is 5.34.